The maximum Gasteiger partial charge on any atom is 0.354 e. The zero-order valence-corrected chi connectivity index (χ0v) is 9.39. The predicted octanol–water partition coefficient (Wildman–Crippen LogP) is 1.30. The van der Waals surface area contributed by atoms with Crippen molar-refractivity contribution < 1.29 is 9.90 Å². The average Bonchev–Trinajstić information content (AvgIpc) is 2.43. The second-order valence-corrected chi connectivity index (χ2v) is 3.80. The number of halogens is 1. The molecule has 1 heterocycles. The van der Waals surface area contributed by atoms with Crippen molar-refractivity contribution in [3.05, 3.63) is 22.4 Å². The molecule has 0 bridgehead atoms. The molecule has 0 aliphatic rings. The van der Waals surface area contributed by atoms with Crippen LogP contribution in [0.2, 0.25) is 0 Å². The summed E-state index contributed by atoms with van der Waals surface area (Å²) in [5.74, 6) is -1.01. The van der Waals surface area contributed by atoms with Gasteiger partial charge < -0.3 is 10.0 Å². The minimum atomic E-state index is -1.01. The van der Waals surface area contributed by atoms with Gasteiger partial charge in [0.15, 0.2) is 5.69 Å². The Hall–Kier alpha value is -1.30. The highest BCUT2D eigenvalue weighted by molar-refractivity contribution is 9.10. The lowest BCUT2D eigenvalue weighted by molar-refractivity contribution is 0.0686. The van der Waals surface area contributed by atoms with Gasteiger partial charge in [-0.25, -0.2) is 9.47 Å². The first-order valence-corrected chi connectivity index (χ1v) is 4.62. The monoisotopic (exact) mass is 259 g/mol. The predicted molar refractivity (Wildman–Crippen MR) is 56.7 cm³/mol. The fourth-order valence-electron chi connectivity index (χ4n) is 0.835. The largest absolute Gasteiger partial charge is 0.477 e. The number of nitrogens with zero attached hydrogens (tertiary/aromatic N) is 3. The van der Waals surface area contributed by atoms with Crippen LogP contribution in [-0.4, -0.2) is 41.1 Å². The van der Waals surface area contributed by atoms with E-state index in [1.807, 2.05) is 14.1 Å². The molecule has 76 valence electrons. The Balaban J connectivity index is 3.01. The van der Waals surface area contributed by atoms with E-state index in [0.717, 1.165) is 0 Å². The van der Waals surface area contributed by atoms with E-state index in [1.54, 1.807) is 11.1 Å². The summed E-state index contributed by atoms with van der Waals surface area (Å²) in [4.78, 5) is 12.5. The van der Waals surface area contributed by atoms with E-state index in [2.05, 4.69) is 21.0 Å². The van der Waals surface area contributed by atoms with Crippen LogP contribution in [0.4, 0.5) is 0 Å². The second-order valence-electron chi connectivity index (χ2n) is 2.89. The number of aromatic nitrogens is 1. The first kappa shape index (κ1) is 10.8. The van der Waals surface area contributed by atoms with E-state index < -0.39 is 5.97 Å². The van der Waals surface area contributed by atoms with Gasteiger partial charge in [-0.3, -0.25) is 0 Å². The highest BCUT2D eigenvalue weighted by Gasteiger charge is 2.10. The second kappa shape index (κ2) is 4.28. The maximum atomic E-state index is 10.8. The molecular formula is C8H10BrN3O2. The molecule has 0 atom stereocenters. The summed E-state index contributed by atoms with van der Waals surface area (Å²) in [5.41, 5.74) is 0.120. The van der Waals surface area contributed by atoms with Crippen molar-refractivity contribution in [1.29, 1.82) is 0 Å². The number of rotatable bonds is 3. The number of carboxylic acids is 1. The van der Waals surface area contributed by atoms with Crippen LogP contribution >= 0.6 is 15.9 Å². The summed E-state index contributed by atoms with van der Waals surface area (Å²) >= 11 is 3.19. The zero-order valence-electron chi connectivity index (χ0n) is 7.81. The number of hydrogen-bond acceptors (Lipinski definition) is 2. The zero-order chi connectivity index (χ0) is 10.7. The van der Waals surface area contributed by atoms with Gasteiger partial charge in [-0.2, -0.15) is 5.10 Å². The third-order valence-electron chi connectivity index (χ3n) is 1.39. The van der Waals surface area contributed by atoms with Crippen LogP contribution in [-0.2, 0) is 0 Å². The molecule has 0 radical (unpaired) electrons. The van der Waals surface area contributed by atoms with Gasteiger partial charge in [0.05, 0.1) is 0 Å². The highest BCUT2D eigenvalue weighted by Crippen LogP contribution is 2.14. The SMILES string of the molecule is CN(C)/C=N/n1cc(Br)cc1C(=O)O. The summed E-state index contributed by atoms with van der Waals surface area (Å²) in [5, 5.41) is 12.8. The molecule has 5 nitrogen and oxygen atoms in total. The molecule has 0 saturated carbocycles. The van der Waals surface area contributed by atoms with E-state index in [-0.39, 0.29) is 5.69 Å². The van der Waals surface area contributed by atoms with Gasteiger partial charge in [-0.15, -0.1) is 0 Å². The summed E-state index contributed by atoms with van der Waals surface area (Å²) in [6.07, 6.45) is 3.11. The summed E-state index contributed by atoms with van der Waals surface area (Å²) in [7, 11) is 3.62. The standard InChI is InChI=1S/C8H10BrN3O2/c1-11(2)5-10-12-4-6(9)3-7(12)8(13)14/h3-5H,1-2H3,(H,13,14)/b10-5+. The number of carbonyl (C=O) groups is 1. The number of carboxylic acid groups (broad SMARTS) is 1. The molecule has 1 rings (SSSR count). The molecule has 1 N–H and O–H groups in total. The average molecular weight is 260 g/mol. The lowest BCUT2D eigenvalue weighted by Crippen LogP contribution is -2.10. The molecule has 6 heteroatoms. The third kappa shape index (κ3) is 2.59. The van der Waals surface area contributed by atoms with E-state index in [4.69, 9.17) is 5.11 Å². The number of aromatic carboxylic acids is 1. The van der Waals surface area contributed by atoms with Gasteiger partial charge in [0, 0.05) is 24.8 Å². The highest BCUT2D eigenvalue weighted by atomic mass is 79.9. The van der Waals surface area contributed by atoms with E-state index >= 15 is 0 Å². The molecule has 0 spiro atoms. The molecule has 0 unspecified atom stereocenters. The van der Waals surface area contributed by atoms with Crippen molar-refractivity contribution in [1.82, 2.24) is 9.58 Å². The Morgan fingerprint density at radius 1 is 1.71 bits per heavy atom. The van der Waals surface area contributed by atoms with Crippen molar-refractivity contribution in [2.24, 2.45) is 5.10 Å². The topological polar surface area (TPSA) is 57.8 Å². The third-order valence-corrected chi connectivity index (χ3v) is 1.83. The van der Waals surface area contributed by atoms with Crippen molar-refractivity contribution in [2.75, 3.05) is 14.1 Å². The van der Waals surface area contributed by atoms with Crippen LogP contribution in [0.3, 0.4) is 0 Å². The number of hydrogen-bond donors (Lipinski definition) is 1. The molecule has 1 aromatic heterocycles. The van der Waals surface area contributed by atoms with E-state index in [1.165, 1.54) is 17.1 Å². The van der Waals surface area contributed by atoms with Gasteiger partial charge in [-0.1, -0.05) is 0 Å². The molecule has 0 aromatic carbocycles. The fourth-order valence-corrected chi connectivity index (χ4v) is 1.25. The van der Waals surface area contributed by atoms with Gasteiger partial charge in [-0.05, 0) is 22.0 Å². The first-order valence-electron chi connectivity index (χ1n) is 3.83. The quantitative estimate of drug-likeness (QED) is 0.658. The van der Waals surface area contributed by atoms with Gasteiger partial charge in [0.2, 0.25) is 0 Å². The molecule has 0 amide bonds. The van der Waals surface area contributed by atoms with Crippen LogP contribution < -0.4 is 0 Å². The van der Waals surface area contributed by atoms with Crippen molar-refractivity contribution >= 4 is 28.2 Å². The Morgan fingerprint density at radius 3 is 2.86 bits per heavy atom. The first-order chi connectivity index (χ1) is 6.50. The van der Waals surface area contributed by atoms with Gasteiger partial charge in [0.1, 0.15) is 6.34 Å². The molecule has 14 heavy (non-hydrogen) atoms. The Labute approximate surface area is 89.8 Å². The van der Waals surface area contributed by atoms with Gasteiger partial charge >= 0.3 is 5.97 Å². The molecule has 0 aliphatic carbocycles. The summed E-state index contributed by atoms with van der Waals surface area (Å²) < 4.78 is 1.98. The van der Waals surface area contributed by atoms with Crippen molar-refractivity contribution in [3.8, 4) is 0 Å². The van der Waals surface area contributed by atoms with Crippen LogP contribution in [0.5, 0.6) is 0 Å². The molecule has 1 aromatic rings. The lowest BCUT2D eigenvalue weighted by atomic mass is 10.4. The summed E-state index contributed by atoms with van der Waals surface area (Å²) in [6.45, 7) is 0. The normalized spacial score (nSPS) is 10.8. The van der Waals surface area contributed by atoms with Crippen molar-refractivity contribution in [3.63, 3.8) is 0 Å². The Morgan fingerprint density at radius 2 is 2.36 bits per heavy atom. The molecule has 0 saturated heterocycles. The van der Waals surface area contributed by atoms with E-state index in [9.17, 15) is 4.79 Å². The molecule has 0 aliphatic heterocycles. The maximum absolute atomic E-state index is 10.8. The van der Waals surface area contributed by atoms with Crippen LogP contribution in [0.15, 0.2) is 21.8 Å². The lowest BCUT2D eigenvalue weighted by Gasteiger charge is -2.03. The summed E-state index contributed by atoms with van der Waals surface area (Å²) in [6, 6.07) is 1.50. The van der Waals surface area contributed by atoms with Gasteiger partial charge in [0.25, 0.3) is 0 Å². The smallest absolute Gasteiger partial charge is 0.354 e. The van der Waals surface area contributed by atoms with Crippen LogP contribution in [0.25, 0.3) is 0 Å². The molecular weight excluding hydrogens is 250 g/mol. The fraction of sp³-hybridized carbons (Fsp3) is 0.250. The van der Waals surface area contributed by atoms with E-state index in [0.29, 0.717) is 4.47 Å². The Bertz CT molecular complexity index is 371. The minimum absolute atomic E-state index is 0.120. The Kier molecular flexibility index (Phi) is 3.29. The van der Waals surface area contributed by atoms with Crippen LogP contribution in [0.1, 0.15) is 10.5 Å². The molecule has 0 fully saturated rings. The van der Waals surface area contributed by atoms with Crippen LogP contribution in [0, 0.1) is 0 Å². The minimum Gasteiger partial charge on any atom is -0.477 e. The van der Waals surface area contributed by atoms with Crippen molar-refractivity contribution in [2.45, 2.75) is 0 Å².